The maximum absolute atomic E-state index is 12.2. The van der Waals surface area contributed by atoms with Crippen LogP contribution in [0.4, 0.5) is 0 Å². The number of hydrogen-bond donors (Lipinski definition) is 7. The van der Waals surface area contributed by atoms with Crippen LogP contribution in [0.3, 0.4) is 0 Å². The number of unbranched alkanes of at least 4 members (excludes halogenated alkanes) is 6. The fourth-order valence-electron chi connectivity index (χ4n) is 4.07. The van der Waals surface area contributed by atoms with Gasteiger partial charge in [-0.2, -0.15) is 0 Å². The maximum Gasteiger partial charge on any atom is 0.270 e. The molecule has 2 aliphatic heterocycles. The molecule has 2 heterocycles. The van der Waals surface area contributed by atoms with E-state index in [1.165, 1.54) is 0 Å². The topological polar surface area (TPSA) is 228 Å². The third-order valence-electron chi connectivity index (χ3n) is 6.25. The lowest BCUT2D eigenvalue weighted by Gasteiger charge is -2.46. The molecule has 2 saturated heterocycles. The van der Waals surface area contributed by atoms with E-state index in [4.69, 9.17) is 23.3 Å². The summed E-state index contributed by atoms with van der Waals surface area (Å²) in [5.74, 6) is 0. The molecule has 37 heavy (non-hydrogen) atoms. The third kappa shape index (κ3) is 9.55. The van der Waals surface area contributed by atoms with E-state index in [9.17, 15) is 45.2 Å². The summed E-state index contributed by atoms with van der Waals surface area (Å²) >= 11 is 0. The lowest BCUT2D eigenvalue weighted by molar-refractivity contribution is -0.357. The van der Waals surface area contributed by atoms with Crippen molar-refractivity contribution in [2.45, 2.75) is 106 Å². The molecule has 0 aliphatic carbocycles. The van der Waals surface area contributed by atoms with E-state index in [1.54, 1.807) is 0 Å². The van der Waals surface area contributed by atoms with Crippen molar-refractivity contribution in [2.75, 3.05) is 19.8 Å². The fourth-order valence-corrected chi connectivity index (χ4v) is 4.92. The molecule has 0 bridgehead atoms. The molecular weight excluding hydrogens is 519 g/mol. The second-order valence-electron chi connectivity index (χ2n) is 9.09. The maximum atomic E-state index is 12.2. The van der Waals surface area contributed by atoms with Crippen LogP contribution in [-0.4, -0.2) is 117 Å². The first-order valence-corrected chi connectivity index (χ1v) is 13.9. The van der Waals surface area contributed by atoms with Crippen molar-refractivity contribution in [2.24, 2.45) is 0 Å². The van der Waals surface area contributed by atoms with Crippen molar-refractivity contribution in [3.05, 3.63) is 12.7 Å². The highest BCUT2D eigenvalue weighted by molar-refractivity contribution is 7.45. The van der Waals surface area contributed by atoms with Crippen LogP contribution in [0.2, 0.25) is 0 Å². The molecule has 0 radical (unpaired) electrons. The molecule has 14 nitrogen and oxygen atoms in total. The fraction of sp³-hybridized carbons (Fsp3) is 0.909. The number of aliphatic hydroxyl groups is 7. The minimum Gasteiger partial charge on any atom is -0.756 e. The van der Waals surface area contributed by atoms with Crippen molar-refractivity contribution in [1.29, 1.82) is 0 Å². The molecule has 0 aromatic carbocycles. The lowest BCUT2D eigenvalue weighted by Crippen LogP contribution is -2.64. The SMILES string of the molecule is C=CCCCCCCCCOP(=O)([O-])O[C@H]1O[C@H](CO)[C@@H](O[C@@H]2O[C@H](CO)[C@H](O)[C@H](O)[C@H]2O)[C@H](O)[C@H]1O. The molecule has 0 aromatic rings. The van der Waals surface area contributed by atoms with Crippen molar-refractivity contribution < 1.29 is 68.5 Å². The van der Waals surface area contributed by atoms with Crippen LogP contribution in [0.25, 0.3) is 0 Å². The first-order valence-electron chi connectivity index (χ1n) is 12.4. The summed E-state index contributed by atoms with van der Waals surface area (Å²) < 4.78 is 37.7. The smallest absolute Gasteiger partial charge is 0.270 e. The zero-order chi connectivity index (χ0) is 27.6. The van der Waals surface area contributed by atoms with Crippen LogP contribution in [-0.2, 0) is 27.8 Å². The van der Waals surface area contributed by atoms with Gasteiger partial charge in [-0.05, 0) is 19.3 Å². The Hall–Kier alpha value is -0.550. The van der Waals surface area contributed by atoms with Crippen LogP contribution >= 0.6 is 7.82 Å². The molecule has 15 heteroatoms. The predicted molar refractivity (Wildman–Crippen MR) is 124 cm³/mol. The molecular formula is C22H40O14P-. The molecule has 7 N–H and O–H groups in total. The van der Waals surface area contributed by atoms with Gasteiger partial charge in [0.15, 0.2) is 12.6 Å². The van der Waals surface area contributed by atoms with Crippen LogP contribution in [0.1, 0.15) is 44.9 Å². The van der Waals surface area contributed by atoms with Crippen LogP contribution in [0, 0.1) is 0 Å². The normalized spacial score (nSPS) is 38.3. The van der Waals surface area contributed by atoms with Gasteiger partial charge < -0.3 is 59.4 Å². The first kappa shape index (κ1) is 32.7. The van der Waals surface area contributed by atoms with Crippen molar-refractivity contribution in [3.8, 4) is 0 Å². The van der Waals surface area contributed by atoms with Gasteiger partial charge in [0.25, 0.3) is 7.82 Å². The van der Waals surface area contributed by atoms with Crippen LogP contribution in [0.15, 0.2) is 12.7 Å². The highest BCUT2D eigenvalue weighted by Crippen LogP contribution is 2.43. The van der Waals surface area contributed by atoms with E-state index in [0.29, 0.717) is 6.42 Å². The first-order chi connectivity index (χ1) is 17.6. The van der Waals surface area contributed by atoms with Crippen molar-refractivity contribution in [1.82, 2.24) is 0 Å². The van der Waals surface area contributed by atoms with Gasteiger partial charge in [-0.25, -0.2) is 0 Å². The highest BCUT2D eigenvalue weighted by atomic mass is 31.2. The summed E-state index contributed by atoms with van der Waals surface area (Å²) in [4.78, 5) is 12.2. The van der Waals surface area contributed by atoms with E-state index in [0.717, 1.165) is 38.5 Å². The Morgan fingerprint density at radius 2 is 1.35 bits per heavy atom. The van der Waals surface area contributed by atoms with E-state index in [2.05, 4.69) is 6.58 Å². The van der Waals surface area contributed by atoms with Gasteiger partial charge in [-0.15, -0.1) is 6.58 Å². The molecule has 0 saturated carbocycles. The highest BCUT2D eigenvalue weighted by Gasteiger charge is 2.51. The van der Waals surface area contributed by atoms with Crippen LogP contribution in [0.5, 0.6) is 0 Å². The van der Waals surface area contributed by atoms with Gasteiger partial charge in [0.1, 0.15) is 48.8 Å². The molecule has 11 atom stereocenters. The summed E-state index contributed by atoms with van der Waals surface area (Å²) in [6, 6.07) is 0. The van der Waals surface area contributed by atoms with Crippen molar-refractivity contribution >= 4 is 7.82 Å². The summed E-state index contributed by atoms with van der Waals surface area (Å²) in [6.07, 6.45) is -9.05. The molecule has 2 fully saturated rings. The summed E-state index contributed by atoms with van der Waals surface area (Å²) in [6.45, 7) is 1.95. The monoisotopic (exact) mass is 559 g/mol. The van der Waals surface area contributed by atoms with Gasteiger partial charge in [0, 0.05) is 0 Å². The average molecular weight is 560 g/mol. The molecule has 218 valence electrons. The molecule has 0 amide bonds. The molecule has 0 spiro atoms. The molecule has 2 aliphatic rings. The van der Waals surface area contributed by atoms with Gasteiger partial charge >= 0.3 is 0 Å². The van der Waals surface area contributed by atoms with E-state index in [1.807, 2.05) is 6.08 Å². The summed E-state index contributed by atoms with van der Waals surface area (Å²) in [5.41, 5.74) is 0. The Morgan fingerprint density at radius 1 is 0.784 bits per heavy atom. The van der Waals surface area contributed by atoms with Gasteiger partial charge in [0.2, 0.25) is 0 Å². The lowest BCUT2D eigenvalue weighted by atomic mass is 9.97. The number of hydrogen-bond acceptors (Lipinski definition) is 14. The van der Waals surface area contributed by atoms with E-state index < -0.39 is 82.4 Å². The second kappa shape index (κ2) is 15.9. The Labute approximate surface area is 215 Å². The zero-order valence-electron chi connectivity index (χ0n) is 20.6. The van der Waals surface area contributed by atoms with Gasteiger partial charge in [-0.1, -0.05) is 31.8 Å². The molecule has 2 rings (SSSR count). The predicted octanol–water partition coefficient (Wildman–Crippen LogP) is -1.97. The number of phosphoric ester groups is 1. The molecule has 1 unspecified atom stereocenters. The Kier molecular flexibility index (Phi) is 14.0. The number of ether oxygens (including phenoxy) is 3. The van der Waals surface area contributed by atoms with Crippen molar-refractivity contribution in [3.63, 3.8) is 0 Å². The number of rotatable bonds is 16. The van der Waals surface area contributed by atoms with Crippen LogP contribution < -0.4 is 4.89 Å². The van der Waals surface area contributed by atoms with E-state index in [-0.39, 0.29) is 6.61 Å². The second-order valence-corrected chi connectivity index (χ2v) is 10.5. The third-order valence-corrected chi connectivity index (χ3v) is 7.21. The standard InChI is InChI=1S/C22H41O14P/c1-2-3-4-5-6-7-8-9-10-32-37(30,31)36-22-19(29)17(27)20(14(12-24)34-22)35-21-18(28)16(26)15(25)13(11-23)33-21/h2,13-29H,1,3-12H2,(H,30,31)/p-1/t13-,14-,15+,16+,17-,18-,19-,20-,21+,22-/m1/s1. The van der Waals surface area contributed by atoms with Gasteiger partial charge in [0.05, 0.1) is 19.8 Å². The number of phosphoric acid groups is 1. The molecule has 0 aromatic heterocycles. The quantitative estimate of drug-likeness (QED) is 0.0618. The zero-order valence-corrected chi connectivity index (χ0v) is 21.5. The number of aliphatic hydroxyl groups excluding tert-OH is 7. The average Bonchev–Trinajstić information content (AvgIpc) is 2.87. The Bertz CT molecular complexity index is 709. The summed E-state index contributed by atoms with van der Waals surface area (Å²) in [5, 5.41) is 69.8. The summed E-state index contributed by atoms with van der Waals surface area (Å²) in [7, 11) is -4.96. The largest absolute Gasteiger partial charge is 0.756 e. The number of allylic oxidation sites excluding steroid dienone is 1. The minimum atomic E-state index is -4.96. The van der Waals surface area contributed by atoms with E-state index >= 15 is 0 Å². The van der Waals surface area contributed by atoms with Gasteiger partial charge in [-0.3, -0.25) is 9.09 Å². The Morgan fingerprint density at radius 3 is 1.97 bits per heavy atom. The minimum absolute atomic E-state index is 0.148. The Balaban J connectivity index is 1.87.